The highest BCUT2D eigenvalue weighted by atomic mass is 16.6. The van der Waals surface area contributed by atoms with Crippen molar-refractivity contribution in [2.45, 2.75) is 78.0 Å². The number of hydrogen-bond acceptors (Lipinski definition) is 7. The number of esters is 1. The first kappa shape index (κ1) is 26.7. The number of pyridine rings is 1. The van der Waals surface area contributed by atoms with Crippen molar-refractivity contribution in [1.29, 1.82) is 0 Å². The van der Waals surface area contributed by atoms with E-state index in [0.717, 1.165) is 53.8 Å². The van der Waals surface area contributed by atoms with Crippen LogP contribution >= 0.6 is 0 Å². The summed E-state index contributed by atoms with van der Waals surface area (Å²) in [4.78, 5) is 30.9. The number of benzene rings is 1. The molecular formula is C30H38N6O3. The van der Waals surface area contributed by atoms with Gasteiger partial charge in [-0.05, 0) is 70.2 Å². The third kappa shape index (κ3) is 5.92. The minimum Gasteiger partial charge on any atom is -0.460 e. The van der Waals surface area contributed by atoms with Crippen LogP contribution in [0.25, 0.3) is 11.3 Å². The topological polar surface area (TPSA) is 110 Å². The number of nitrogens with one attached hydrogen (secondary N) is 3. The Bertz CT molecular complexity index is 1390. The summed E-state index contributed by atoms with van der Waals surface area (Å²) in [6, 6.07) is 9.99. The Balaban J connectivity index is 1.56. The van der Waals surface area contributed by atoms with Gasteiger partial charge in [0.15, 0.2) is 0 Å². The van der Waals surface area contributed by atoms with Crippen LogP contribution in [0.2, 0.25) is 0 Å². The lowest BCUT2D eigenvalue weighted by molar-refractivity contribution is -0.156. The van der Waals surface area contributed by atoms with Gasteiger partial charge in [0.1, 0.15) is 17.2 Å². The van der Waals surface area contributed by atoms with Crippen molar-refractivity contribution in [3.8, 4) is 11.3 Å². The summed E-state index contributed by atoms with van der Waals surface area (Å²) in [5, 5.41) is 14.5. The normalized spacial score (nSPS) is 18.8. The molecule has 3 N–H and O–H groups in total. The molecule has 0 bridgehead atoms. The maximum atomic E-state index is 13.1. The Hall–Kier alpha value is -3.88. The molecule has 9 heteroatoms. The van der Waals surface area contributed by atoms with Crippen molar-refractivity contribution < 1.29 is 14.3 Å². The van der Waals surface area contributed by atoms with Crippen molar-refractivity contribution >= 4 is 29.2 Å². The van der Waals surface area contributed by atoms with E-state index >= 15 is 0 Å². The average molecular weight is 531 g/mol. The van der Waals surface area contributed by atoms with Crippen molar-refractivity contribution in [2.75, 3.05) is 10.6 Å². The van der Waals surface area contributed by atoms with E-state index in [0.29, 0.717) is 30.2 Å². The second-order valence-corrected chi connectivity index (χ2v) is 11.6. The number of aryl methyl sites for hydroxylation is 2. The summed E-state index contributed by atoms with van der Waals surface area (Å²) >= 11 is 0. The van der Waals surface area contributed by atoms with Gasteiger partial charge in [-0.1, -0.05) is 25.0 Å². The predicted octanol–water partition coefficient (Wildman–Crippen LogP) is 5.48. The first-order valence-corrected chi connectivity index (χ1v) is 13.7. The van der Waals surface area contributed by atoms with Crippen LogP contribution in [0.15, 0.2) is 36.5 Å². The molecule has 0 spiro atoms. The second-order valence-electron chi connectivity index (χ2n) is 11.6. The summed E-state index contributed by atoms with van der Waals surface area (Å²) in [5.74, 6) is 0.995. The van der Waals surface area contributed by atoms with Crippen LogP contribution in [0, 0.1) is 12.8 Å². The van der Waals surface area contributed by atoms with Gasteiger partial charge in [0.05, 0.1) is 17.7 Å². The molecule has 2 aromatic heterocycles. The zero-order chi connectivity index (χ0) is 27.7. The lowest BCUT2D eigenvalue weighted by Gasteiger charge is -2.33. The van der Waals surface area contributed by atoms with Crippen LogP contribution < -0.4 is 16.0 Å². The fraction of sp³-hybridized carbons (Fsp3) is 0.467. The number of rotatable bonds is 7. The van der Waals surface area contributed by atoms with Crippen molar-refractivity contribution in [3.05, 3.63) is 53.2 Å². The monoisotopic (exact) mass is 530 g/mol. The van der Waals surface area contributed by atoms with Gasteiger partial charge >= 0.3 is 5.97 Å². The first-order valence-electron chi connectivity index (χ1n) is 13.7. The van der Waals surface area contributed by atoms with E-state index in [1.165, 1.54) is 0 Å². The van der Waals surface area contributed by atoms with Crippen LogP contribution in [0.5, 0.6) is 0 Å². The van der Waals surface area contributed by atoms with Crippen LogP contribution in [0.3, 0.4) is 0 Å². The van der Waals surface area contributed by atoms with E-state index in [4.69, 9.17) is 9.72 Å². The van der Waals surface area contributed by atoms with Crippen LogP contribution in [0.1, 0.15) is 74.4 Å². The largest absolute Gasteiger partial charge is 0.460 e. The molecule has 9 nitrogen and oxygen atoms in total. The lowest BCUT2D eigenvalue weighted by Crippen LogP contribution is -2.36. The molecule has 1 saturated carbocycles. The van der Waals surface area contributed by atoms with Gasteiger partial charge in [0.25, 0.3) is 5.91 Å². The van der Waals surface area contributed by atoms with E-state index < -0.39 is 5.60 Å². The van der Waals surface area contributed by atoms with Crippen molar-refractivity contribution in [2.24, 2.45) is 13.0 Å². The highest BCUT2D eigenvalue weighted by Crippen LogP contribution is 2.40. The second kappa shape index (κ2) is 10.7. The third-order valence-corrected chi connectivity index (χ3v) is 7.39. The van der Waals surface area contributed by atoms with Crippen molar-refractivity contribution in [1.82, 2.24) is 20.1 Å². The van der Waals surface area contributed by atoms with Gasteiger partial charge in [0.2, 0.25) is 0 Å². The summed E-state index contributed by atoms with van der Waals surface area (Å²) in [6.45, 7) is 8.12. The van der Waals surface area contributed by atoms with E-state index in [1.807, 2.05) is 65.1 Å². The summed E-state index contributed by atoms with van der Waals surface area (Å²) in [5.41, 5.74) is 4.63. The average Bonchev–Trinajstić information content (AvgIpc) is 3.45. The van der Waals surface area contributed by atoms with Crippen LogP contribution in [-0.2, 0) is 23.1 Å². The third-order valence-electron chi connectivity index (χ3n) is 7.39. The minimum atomic E-state index is -0.515. The standard InChI is InChI=1S/C30H38N6O3/c1-18-9-8-11-20(15-18)33-28-26-21(17-31-29(26)38)25(23-13-14-32-36(23)5)27(35-28)34-22-12-7-6-10-19(22)16-24(37)39-30(2,3)4/h8-9,11,13-15,19,22H,6-7,10,12,16-17H2,1-5H3,(H,31,38)(H2,33,34,35)/t19-,22-/m1/s1. The Morgan fingerprint density at radius 3 is 2.67 bits per heavy atom. The number of carbonyl (C=O) groups excluding carboxylic acids is 2. The number of hydrogen-bond donors (Lipinski definition) is 3. The molecule has 0 saturated heterocycles. The van der Waals surface area contributed by atoms with Gasteiger partial charge in [-0.2, -0.15) is 5.10 Å². The van der Waals surface area contributed by atoms with Crippen LogP contribution in [-0.4, -0.2) is 38.3 Å². The van der Waals surface area contributed by atoms with Gasteiger partial charge in [-0.15, -0.1) is 0 Å². The van der Waals surface area contributed by atoms with E-state index in [-0.39, 0.29) is 23.8 Å². The molecule has 0 unspecified atom stereocenters. The highest BCUT2D eigenvalue weighted by molar-refractivity contribution is 6.06. The Morgan fingerprint density at radius 2 is 1.95 bits per heavy atom. The van der Waals surface area contributed by atoms with E-state index in [1.54, 1.807) is 10.9 Å². The number of carbonyl (C=O) groups is 2. The van der Waals surface area contributed by atoms with Gasteiger partial charge < -0.3 is 20.7 Å². The number of fused-ring (bicyclic) bond motifs is 1. The van der Waals surface area contributed by atoms with Crippen LogP contribution in [0.4, 0.5) is 17.3 Å². The molecule has 3 heterocycles. The summed E-state index contributed by atoms with van der Waals surface area (Å²) in [6.07, 6.45) is 6.13. The van der Waals surface area contributed by atoms with Gasteiger partial charge in [0, 0.05) is 42.6 Å². The SMILES string of the molecule is Cc1cccc(Nc2nc(N[C@@H]3CCCC[C@@H]3CC(=O)OC(C)(C)C)c(-c3ccnn3C)c3c2C(=O)NC3)c1. The van der Waals surface area contributed by atoms with Gasteiger partial charge in [-0.25, -0.2) is 4.98 Å². The zero-order valence-electron chi connectivity index (χ0n) is 23.4. The Kier molecular flexibility index (Phi) is 7.34. The number of nitrogens with zero attached hydrogens (tertiary/aromatic N) is 3. The maximum Gasteiger partial charge on any atom is 0.306 e. The van der Waals surface area contributed by atoms with E-state index in [2.05, 4.69) is 21.0 Å². The molecule has 1 amide bonds. The molecule has 5 rings (SSSR count). The zero-order valence-corrected chi connectivity index (χ0v) is 23.4. The smallest absolute Gasteiger partial charge is 0.306 e. The summed E-state index contributed by atoms with van der Waals surface area (Å²) in [7, 11) is 1.89. The minimum absolute atomic E-state index is 0.0423. The number of anilines is 3. The highest BCUT2D eigenvalue weighted by Gasteiger charge is 2.34. The summed E-state index contributed by atoms with van der Waals surface area (Å²) < 4.78 is 7.46. The Morgan fingerprint density at radius 1 is 1.15 bits per heavy atom. The fourth-order valence-corrected chi connectivity index (χ4v) is 5.68. The Labute approximate surface area is 229 Å². The molecule has 1 aromatic carbocycles. The quantitative estimate of drug-likeness (QED) is 0.347. The lowest BCUT2D eigenvalue weighted by atomic mass is 9.82. The molecule has 2 aliphatic rings. The molecule has 1 aliphatic heterocycles. The first-order chi connectivity index (χ1) is 18.6. The van der Waals surface area contributed by atoms with Crippen molar-refractivity contribution in [3.63, 3.8) is 0 Å². The predicted molar refractivity (Wildman–Crippen MR) is 152 cm³/mol. The molecule has 3 aromatic rings. The molecule has 0 radical (unpaired) electrons. The maximum absolute atomic E-state index is 13.1. The number of ether oxygens (including phenoxy) is 1. The van der Waals surface area contributed by atoms with Gasteiger partial charge in [-0.3, -0.25) is 14.3 Å². The molecule has 39 heavy (non-hydrogen) atoms. The molecule has 206 valence electrons. The molecule has 1 aliphatic carbocycles. The molecular weight excluding hydrogens is 492 g/mol. The number of amides is 1. The van der Waals surface area contributed by atoms with E-state index in [9.17, 15) is 9.59 Å². The number of aromatic nitrogens is 3. The fourth-order valence-electron chi connectivity index (χ4n) is 5.68. The molecule has 2 atom stereocenters. The molecule has 1 fully saturated rings.